The molecule has 0 radical (unpaired) electrons. The second-order valence-electron chi connectivity index (χ2n) is 10.6. The maximum Gasteiger partial charge on any atom is 0.333 e. The molecule has 1 aromatic carbocycles. The zero-order valence-corrected chi connectivity index (χ0v) is 23.5. The first-order chi connectivity index (χ1) is 19.6. The molecule has 1 amide bonds. The first kappa shape index (κ1) is 28.6. The third-order valence-corrected chi connectivity index (χ3v) is 7.81. The summed E-state index contributed by atoms with van der Waals surface area (Å²) < 4.78 is 30.2. The number of nitrogens with zero attached hydrogens (tertiary/aromatic N) is 4. The number of carbonyl (C=O) groups is 2. The monoisotopic (exact) mass is 581 g/mol. The van der Waals surface area contributed by atoms with Crippen LogP contribution in [0, 0.1) is 12.8 Å². The molecule has 0 saturated heterocycles. The van der Waals surface area contributed by atoms with Gasteiger partial charge in [-0.25, -0.2) is 13.6 Å². The van der Waals surface area contributed by atoms with Crippen molar-refractivity contribution in [3.05, 3.63) is 86.8 Å². The molecule has 3 heterocycles. The molecule has 8 nitrogen and oxygen atoms in total. The highest BCUT2D eigenvalue weighted by atomic mass is 35.5. The number of pyridine rings is 2. The number of nitrogens with one attached hydrogen (secondary N) is 1. The number of fused-ring (bicyclic) bond motifs is 1. The zero-order valence-electron chi connectivity index (χ0n) is 22.7. The number of aryl methyl sites for hydroxylation is 1. The number of amides is 1. The number of hydrogen-bond acceptors (Lipinski definition) is 5. The van der Waals surface area contributed by atoms with E-state index in [1.807, 2.05) is 37.3 Å². The second kappa shape index (κ2) is 11.9. The second-order valence-corrected chi connectivity index (χ2v) is 11.1. The minimum absolute atomic E-state index is 0.0205. The van der Waals surface area contributed by atoms with E-state index in [0.29, 0.717) is 30.8 Å². The molecular formula is C30H30ClF2N5O3. The van der Waals surface area contributed by atoms with Gasteiger partial charge >= 0.3 is 5.69 Å². The molecule has 0 atom stereocenters. The number of imidazole rings is 1. The van der Waals surface area contributed by atoms with E-state index in [1.165, 1.54) is 13.0 Å². The molecule has 1 N–H and O–H groups in total. The Morgan fingerprint density at radius 2 is 1.78 bits per heavy atom. The number of benzene rings is 1. The largest absolute Gasteiger partial charge is 0.349 e. The van der Waals surface area contributed by atoms with Gasteiger partial charge in [-0.1, -0.05) is 23.7 Å². The highest BCUT2D eigenvalue weighted by Crippen LogP contribution is 2.29. The van der Waals surface area contributed by atoms with Crippen LogP contribution in [0.15, 0.2) is 53.6 Å². The summed E-state index contributed by atoms with van der Waals surface area (Å²) in [4.78, 5) is 46.1. The molecule has 5 rings (SSSR count). The fourth-order valence-corrected chi connectivity index (χ4v) is 5.78. The molecule has 214 valence electrons. The Bertz CT molecular complexity index is 1670. The average molecular weight is 582 g/mol. The lowest BCUT2D eigenvalue weighted by Crippen LogP contribution is -2.39. The highest BCUT2D eigenvalue weighted by Gasteiger charge is 2.27. The van der Waals surface area contributed by atoms with Gasteiger partial charge in [0.05, 0.1) is 33.5 Å². The van der Waals surface area contributed by atoms with Gasteiger partial charge in [0.15, 0.2) is 0 Å². The van der Waals surface area contributed by atoms with Crippen LogP contribution in [-0.2, 0) is 17.8 Å². The van der Waals surface area contributed by atoms with E-state index in [-0.39, 0.29) is 40.4 Å². The van der Waals surface area contributed by atoms with Crippen LogP contribution in [0.1, 0.15) is 66.3 Å². The topological polar surface area (TPSA) is 98.9 Å². The van der Waals surface area contributed by atoms with Crippen LogP contribution in [0.25, 0.3) is 16.7 Å². The van der Waals surface area contributed by atoms with Crippen molar-refractivity contribution in [3.63, 3.8) is 0 Å². The van der Waals surface area contributed by atoms with Crippen LogP contribution in [-0.4, -0.2) is 36.8 Å². The maximum absolute atomic E-state index is 13.8. The molecule has 1 aliphatic carbocycles. The lowest BCUT2D eigenvalue weighted by Gasteiger charge is -2.29. The number of ketones is 1. The molecule has 0 spiro atoms. The molecule has 0 bridgehead atoms. The molecule has 11 heteroatoms. The molecule has 3 aromatic heterocycles. The van der Waals surface area contributed by atoms with Crippen molar-refractivity contribution >= 4 is 34.3 Å². The van der Waals surface area contributed by atoms with Crippen molar-refractivity contribution < 1.29 is 18.4 Å². The smallest absolute Gasteiger partial charge is 0.333 e. The molecule has 0 unspecified atom stereocenters. The summed E-state index contributed by atoms with van der Waals surface area (Å²) in [6, 6.07) is 10.5. The predicted octanol–water partition coefficient (Wildman–Crippen LogP) is 5.60. The molecular weight excluding hydrogens is 552 g/mol. The third kappa shape index (κ3) is 6.07. The van der Waals surface area contributed by atoms with Gasteiger partial charge < -0.3 is 5.32 Å². The van der Waals surface area contributed by atoms with E-state index in [2.05, 4.69) is 15.3 Å². The van der Waals surface area contributed by atoms with Crippen molar-refractivity contribution in [1.82, 2.24) is 24.4 Å². The predicted molar refractivity (Wildman–Crippen MR) is 152 cm³/mol. The zero-order chi connectivity index (χ0) is 29.3. The third-order valence-electron chi connectivity index (χ3n) is 7.61. The van der Waals surface area contributed by atoms with Crippen LogP contribution < -0.4 is 11.0 Å². The average Bonchev–Trinajstić information content (AvgIpc) is 3.20. The molecule has 41 heavy (non-hydrogen) atoms. The van der Waals surface area contributed by atoms with Crippen LogP contribution in [0.5, 0.6) is 0 Å². The number of aromatic nitrogens is 4. The number of para-hydroxylation sites is 2. The Hall–Kier alpha value is -3.92. The van der Waals surface area contributed by atoms with Gasteiger partial charge in [-0.3, -0.25) is 28.7 Å². The molecule has 1 aliphatic rings. The van der Waals surface area contributed by atoms with Gasteiger partial charge in [0.25, 0.3) is 12.3 Å². The quantitative estimate of drug-likeness (QED) is 0.292. The number of halogens is 3. The molecule has 0 aliphatic heterocycles. The summed E-state index contributed by atoms with van der Waals surface area (Å²) in [5, 5.41) is 2.98. The highest BCUT2D eigenvalue weighted by molar-refractivity contribution is 6.30. The van der Waals surface area contributed by atoms with Crippen molar-refractivity contribution in [3.8, 4) is 5.69 Å². The fraction of sp³-hybridized carbons (Fsp3) is 0.367. The van der Waals surface area contributed by atoms with Gasteiger partial charge in [0.2, 0.25) is 0 Å². The molecule has 1 fully saturated rings. The van der Waals surface area contributed by atoms with Crippen molar-refractivity contribution in [2.45, 2.75) is 65.0 Å². The Morgan fingerprint density at radius 1 is 1.07 bits per heavy atom. The SMILES string of the molecule is CC(=O)Cc1cc(C)c(-n2c(=O)n(CC3CCC(NC(=O)c4cc(Cl)cnc4C(F)F)CC3)c3ccccc32)cn1. The summed E-state index contributed by atoms with van der Waals surface area (Å²) in [5.41, 5.74) is 2.80. The van der Waals surface area contributed by atoms with Crippen LogP contribution in [0.2, 0.25) is 5.02 Å². The summed E-state index contributed by atoms with van der Waals surface area (Å²) >= 11 is 5.90. The lowest BCUT2D eigenvalue weighted by molar-refractivity contribution is -0.116. The van der Waals surface area contributed by atoms with E-state index < -0.39 is 18.0 Å². The minimum Gasteiger partial charge on any atom is -0.349 e. The van der Waals surface area contributed by atoms with Gasteiger partial charge in [-0.2, -0.15) is 0 Å². The van der Waals surface area contributed by atoms with Crippen molar-refractivity contribution in [2.24, 2.45) is 5.92 Å². The number of hydrogen-bond donors (Lipinski definition) is 1. The minimum atomic E-state index is -2.89. The van der Waals surface area contributed by atoms with Gasteiger partial charge in [0.1, 0.15) is 11.5 Å². The summed E-state index contributed by atoms with van der Waals surface area (Å²) in [7, 11) is 0. The van der Waals surface area contributed by atoms with E-state index in [1.54, 1.807) is 15.3 Å². The van der Waals surface area contributed by atoms with Gasteiger partial charge in [0, 0.05) is 30.9 Å². The fourth-order valence-electron chi connectivity index (χ4n) is 5.63. The Morgan fingerprint density at radius 3 is 2.44 bits per heavy atom. The number of Topliss-reactive ketones (excluding diaryl/α,β-unsaturated/α-hetero) is 1. The van der Waals surface area contributed by atoms with Crippen molar-refractivity contribution in [2.75, 3.05) is 0 Å². The normalized spacial score (nSPS) is 17.2. The summed E-state index contributed by atoms with van der Waals surface area (Å²) in [5.74, 6) is -0.398. The molecule has 4 aromatic rings. The standard InChI is InChI=1S/C30H30ClF2N5O3/c1-17-11-22(12-18(2)39)34-15-26(17)38-25-6-4-3-5-24(25)37(30(38)41)16-19-7-9-21(10-8-19)36-29(40)23-13-20(31)14-35-27(23)28(32)33/h3-6,11,13-15,19,21,28H,7-10,12,16H2,1-2H3,(H,36,40). The van der Waals surface area contributed by atoms with E-state index in [9.17, 15) is 23.2 Å². The van der Waals surface area contributed by atoms with Crippen LogP contribution in [0.3, 0.4) is 0 Å². The van der Waals surface area contributed by atoms with Gasteiger partial charge in [-0.15, -0.1) is 0 Å². The van der Waals surface area contributed by atoms with E-state index >= 15 is 0 Å². The first-order valence-electron chi connectivity index (χ1n) is 13.5. The maximum atomic E-state index is 13.8. The Labute approximate surface area is 240 Å². The Balaban J connectivity index is 1.32. The van der Waals surface area contributed by atoms with Crippen molar-refractivity contribution in [1.29, 1.82) is 0 Å². The first-order valence-corrected chi connectivity index (χ1v) is 13.9. The van der Waals surface area contributed by atoms with E-state index in [4.69, 9.17) is 11.6 Å². The molecule has 1 saturated carbocycles. The Kier molecular flexibility index (Phi) is 8.30. The number of rotatable bonds is 8. The summed E-state index contributed by atoms with van der Waals surface area (Å²) in [6.07, 6.45) is 2.93. The van der Waals surface area contributed by atoms with Crippen LogP contribution >= 0.6 is 11.6 Å². The van der Waals surface area contributed by atoms with Crippen LogP contribution in [0.4, 0.5) is 8.78 Å². The number of carbonyl (C=O) groups excluding carboxylic acids is 2. The van der Waals surface area contributed by atoms with Gasteiger partial charge in [-0.05, 0) is 75.3 Å². The van der Waals surface area contributed by atoms with E-state index in [0.717, 1.165) is 35.6 Å². The summed E-state index contributed by atoms with van der Waals surface area (Å²) in [6.45, 7) is 3.93. The lowest BCUT2D eigenvalue weighted by atomic mass is 9.85. The number of alkyl halides is 2.